The number of hydrogen-bond donors (Lipinski definition) is 1. The molecule has 1 aromatic heterocycles. The fraction of sp³-hybridized carbons (Fsp3) is 0.600. The van der Waals surface area contributed by atoms with E-state index < -0.39 is 8.07 Å². The quantitative estimate of drug-likeness (QED) is 0.581. The van der Waals surface area contributed by atoms with Crippen molar-refractivity contribution in [2.24, 2.45) is 0 Å². The molecule has 1 heterocycles. The minimum atomic E-state index is -1.07. The Labute approximate surface area is 157 Å². The number of aromatic nitrogens is 3. The summed E-state index contributed by atoms with van der Waals surface area (Å²) >= 11 is 0. The van der Waals surface area contributed by atoms with E-state index in [1.807, 2.05) is 4.57 Å². The summed E-state index contributed by atoms with van der Waals surface area (Å²) in [5.41, 5.74) is 2.42. The minimum Gasteiger partial charge on any atom is -0.393 e. The van der Waals surface area contributed by atoms with Crippen LogP contribution in [0, 0.1) is 0 Å². The second-order valence-electron chi connectivity index (χ2n) is 8.60. The Hall–Kier alpha value is -1.50. The topological polar surface area (TPSA) is 60.2 Å². The van der Waals surface area contributed by atoms with Crippen molar-refractivity contribution in [2.75, 3.05) is 6.61 Å². The van der Waals surface area contributed by atoms with Crippen LogP contribution < -0.4 is 0 Å². The number of benzene rings is 1. The number of ether oxygens (including phenoxy) is 1. The first-order valence-electron chi connectivity index (χ1n) is 9.66. The first-order chi connectivity index (χ1) is 12.4. The fourth-order valence-electron chi connectivity index (χ4n) is 3.43. The zero-order chi connectivity index (χ0) is 18.6. The van der Waals surface area contributed by atoms with Crippen molar-refractivity contribution in [2.45, 2.75) is 70.1 Å². The molecule has 0 aliphatic heterocycles. The standard InChI is InChI=1S/C20H31N3O2Si/c1-26(2,3)13-12-25-15-23-14-21-22-20(23)18-6-4-16(5-7-18)17-8-10-19(24)11-9-17/h4-7,14,17,19,24H,8-13,15H2,1-3H3. The zero-order valence-corrected chi connectivity index (χ0v) is 17.2. The molecular formula is C20H31N3O2Si. The van der Waals surface area contributed by atoms with Gasteiger partial charge in [-0.25, -0.2) is 0 Å². The van der Waals surface area contributed by atoms with Gasteiger partial charge in [0.1, 0.15) is 13.1 Å². The molecule has 1 aliphatic carbocycles. The van der Waals surface area contributed by atoms with Gasteiger partial charge in [-0.2, -0.15) is 0 Å². The van der Waals surface area contributed by atoms with E-state index in [0.717, 1.165) is 49.7 Å². The van der Waals surface area contributed by atoms with Gasteiger partial charge in [-0.05, 0) is 43.2 Å². The van der Waals surface area contributed by atoms with Crippen LogP contribution in [-0.4, -0.2) is 40.7 Å². The second kappa shape index (κ2) is 8.46. The van der Waals surface area contributed by atoms with Crippen molar-refractivity contribution in [3.05, 3.63) is 36.2 Å². The Balaban J connectivity index is 1.60. The van der Waals surface area contributed by atoms with E-state index in [2.05, 4.69) is 54.1 Å². The van der Waals surface area contributed by atoms with Crippen LogP contribution in [-0.2, 0) is 11.5 Å². The van der Waals surface area contributed by atoms with E-state index in [4.69, 9.17) is 4.74 Å². The number of rotatable bonds is 7. The van der Waals surface area contributed by atoms with Gasteiger partial charge in [0.15, 0.2) is 5.82 Å². The summed E-state index contributed by atoms with van der Waals surface area (Å²) in [5.74, 6) is 1.42. The van der Waals surface area contributed by atoms with Crippen molar-refractivity contribution >= 4 is 8.07 Å². The van der Waals surface area contributed by atoms with Crippen molar-refractivity contribution in [1.29, 1.82) is 0 Å². The predicted octanol–water partition coefficient (Wildman–Crippen LogP) is 4.28. The number of hydrogen-bond acceptors (Lipinski definition) is 4. The lowest BCUT2D eigenvalue weighted by Gasteiger charge is -2.25. The van der Waals surface area contributed by atoms with Crippen LogP contribution >= 0.6 is 0 Å². The summed E-state index contributed by atoms with van der Waals surface area (Å²) in [7, 11) is -1.07. The lowest BCUT2D eigenvalue weighted by molar-refractivity contribution is 0.0880. The zero-order valence-electron chi connectivity index (χ0n) is 16.2. The highest BCUT2D eigenvalue weighted by atomic mass is 28.3. The van der Waals surface area contributed by atoms with E-state index in [1.165, 1.54) is 5.56 Å². The Morgan fingerprint density at radius 2 is 1.81 bits per heavy atom. The molecule has 0 saturated heterocycles. The van der Waals surface area contributed by atoms with Crippen molar-refractivity contribution < 1.29 is 9.84 Å². The summed E-state index contributed by atoms with van der Waals surface area (Å²) in [6.45, 7) is 8.36. The van der Waals surface area contributed by atoms with Crippen molar-refractivity contribution in [3.8, 4) is 11.4 Å². The van der Waals surface area contributed by atoms with Crippen LogP contribution in [0.3, 0.4) is 0 Å². The van der Waals surface area contributed by atoms with Crippen molar-refractivity contribution in [3.63, 3.8) is 0 Å². The molecule has 1 saturated carbocycles. The smallest absolute Gasteiger partial charge is 0.165 e. The Morgan fingerprint density at radius 3 is 2.46 bits per heavy atom. The van der Waals surface area contributed by atoms with Crippen LogP contribution in [0.5, 0.6) is 0 Å². The highest BCUT2D eigenvalue weighted by molar-refractivity contribution is 6.76. The number of aliphatic hydroxyl groups excluding tert-OH is 1. The summed E-state index contributed by atoms with van der Waals surface area (Å²) in [5, 5.41) is 18.0. The molecule has 1 aromatic carbocycles. The molecule has 0 atom stereocenters. The molecule has 0 bridgehead atoms. The maximum atomic E-state index is 9.68. The normalized spacial score (nSPS) is 21.1. The van der Waals surface area contributed by atoms with Gasteiger partial charge in [0.05, 0.1) is 6.10 Å². The van der Waals surface area contributed by atoms with E-state index in [0.29, 0.717) is 12.6 Å². The number of aliphatic hydroxyl groups is 1. The average molecular weight is 374 g/mol. The third-order valence-electron chi connectivity index (χ3n) is 5.18. The molecule has 0 spiro atoms. The Kier molecular flexibility index (Phi) is 6.27. The van der Waals surface area contributed by atoms with E-state index in [9.17, 15) is 5.11 Å². The molecule has 142 valence electrons. The van der Waals surface area contributed by atoms with Gasteiger partial charge < -0.3 is 9.84 Å². The summed E-state index contributed by atoms with van der Waals surface area (Å²) in [6, 6.07) is 9.81. The van der Waals surface area contributed by atoms with Crippen LogP contribution in [0.1, 0.15) is 37.2 Å². The van der Waals surface area contributed by atoms with Crippen LogP contribution in [0.15, 0.2) is 30.6 Å². The first kappa shape index (κ1) is 19.3. The molecule has 6 heteroatoms. The molecule has 1 aliphatic rings. The van der Waals surface area contributed by atoms with E-state index in [1.54, 1.807) is 6.33 Å². The minimum absolute atomic E-state index is 0.106. The highest BCUT2D eigenvalue weighted by Gasteiger charge is 2.21. The molecule has 2 aromatic rings. The SMILES string of the molecule is C[Si](C)(C)CCOCn1cnnc1-c1ccc(C2CCC(O)CC2)cc1. The highest BCUT2D eigenvalue weighted by Crippen LogP contribution is 2.33. The van der Waals surface area contributed by atoms with Gasteiger partial charge in [0, 0.05) is 20.2 Å². The fourth-order valence-corrected chi connectivity index (χ4v) is 4.18. The molecule has 1 N–H and O–H groups in total. The van der Waals surface area contributed by atoms with Gasteiger partial charge in [0.2, 0.25) is 0 Å². The first-order valence-corrected chi connectivity index (χ1v) is 13.4. The lowest BCUT2D eigenvalue weighted by atomic mass is 9.82. The van der Waals surface area contributed by atoms with Gasteiger partial charge >= 0.3 is 0 Å². The predicted molar refractivity (Wildman–Crippen MR) is 107 cm³/mol. The molecule has 0 radical (unpaired) electrons. The maximum absolute atomic E-state index is 9.68. The van der Waals surface area contributed by atoms with Gasteiger partial charge in [-0.15, -0.1) is 10.2 Å². The van der Waals surface area contributed by atoms with E-state index >= 15 is 0 Å². The van der Waals surface area contributed by atoms with Crippen LogP contribution in [0.2, 0.25) is 25.7 Å². The molecule has 0 amide bonds. The number of nitrogens with zero attached hydrogens (tertiary/aromatic N) is 3. The average Bonchev–Trinajstić information content (AvgIpc) is 3.07. The van der Waals surface area contributed by atoms with Gasteiger partial charge in [0.25, 0.3) is 0 Å². The monoisotopic (exact) mass is 373 g/mol. The summed E-state index contributed by atoms with van der Waals surface area (Å²) < 4.78 is 7.81. The van der Waals surface area contributed by atoms with Crippen LogP contribution in [0.4, 0.5) is 0 Å². The third-order valence-corrected chi connectivity index (χ3v) is 6.88. The molecule has 1 fully saturated rings. The van der Waals surface area contributed by atoms with Crippen LogP contribution in [0.25, 0.3) is 11.4 Å². The second-order valence-corrected chi connectivity index (χ2v) is 14.2. The van der Waals surface area contributed by atoms with E-state index in [-0.39, 0.29) is 6.10 Å². The molecule has 3 rings (SSSR count). The third kappa shape index (κ3) is 5.25. The maximum Gasteiger partial charge on any atom is 0.165 e. The lowest BCUT2D eigenvalue weighted by Crippen LogP contribution is -2.22. The summed E-state index contributed by atoms with van der Waals surface area (Å²) in [4.78, 5) is 0. The van der Waals surface area contributed by atoms with Gasteiger partial charge in [-0.1, -0.05) is 43.9 Å². The van der Waals surface area contributed by atoms with Gasteiger partial charge in [-0.3, -0.25) is 4.57 Å². The van der Waals surface area contributed by atoms with Crippen molar-refractivity contribution in [1.82, 2.24) is 14.8 Å². The molecule has 0 unspecified atom stereocenters. The molecule has 5 nitrogen and oxygen atoms in total. The molecule has 26 heavy (non-hydrogen) atoms. The summed E-state index contributed by atoms with van der Waals surface area (Å²) in [6.07, 6.45) is 5.60. The molecular weight excluding hydrogens is 342 g/mol. The Bertz CT molecular complexity index is 686. The Morgan fingerprint density at radius 1 is 1.12 bits per heavy atom. The largest absolute Gasteiger partial charge is 0.393 e.